The lowest BCUT2D eigenvalue weighted by molar-refractivity contribution is 0.100. The third kappa shape index (κ3) is 4.77. The molecule has 2 aromatic carbocycles. The van der Waals surface area contributed by atoms with E-state index in [0.29, 0.717) is 5.56 Å². The van der Waals surface area contributed by atoms with Gasteiger partial charge < -0.3 is 15.6 Å². The van der Waals surface area contributed by atoms with Crippen molar-refractivity contribution in [3.05, 3.63) is 71.4 Å². The van der Waals surface area contributed by atoms with Gasteiger partial charge in [0.15, 0.2) is 0 Å². The summed E-state index contributed by atoms with van der Waals surface area (Å²) in [7, 11) is 0. The fraction of sp³-hybridized carbons (Fsp3) is 0.348. The zero-order valence-electron chi connectivity index (χ0n) is 16.2. The van der Waals surface area contributed by atoms with Crippen molar-refractivity contribution in [2.75, 3.05) is 6.54 Å². The van der Waals surface area contributed by atoms with E-state index in [4.69, 9.17) is 5.73 Å². The molecule has 1 aromatic heterocycles. The van der Waals surface area contributed by atoms with E-state index in [1.165, 1.54) is 29.3 Å². The molecule has 1 heterocycles. The molecule has 0 spiro atoms. The van der Waals surface area contributed by atoms with Gasteiger partial charge in [-0.1, -0.05) is 44.9 Å². The quantitative estimate of drug-likeness (QED) is 0.595. The van der Waals surface area contributed by atoms with Gasteiger partial charge in [-0.15, -0.1) is 0 Å². The molecular weight excluding hydrogens is 334 g/mol. The standard InChI is InChI=1S/C23H29N3O/c1-3-17(4-2)14-25-15-19-7-10-22-21(13-19)11-12-26(22)16-18-5-8-20(9-6-18)23(24)27/h5-13,17,25H,3-4,14-16H2,1-2H3,(H2,24,27). The van der Waals surface area contributed by atoms with Crippen LogP contribution < -0.4 is 11.1 Å². The molecule has 3 N–H and O–H groups in total. The highest BCUT2D eigenvalue weighted by atomic mass is 16.1. The Balaban J connectivity index is 1.67. The smallest absolute Gasteiger partial charge is 0.248 e. The molecule has 0 saturated carbocycles. The van der Waals surface area contributed by atoms with Crippen molar-refractivity contribution in [2.24, 2.45) is 11.7 Å². The number of benzene rings is 2. The second-order valence-electron chi connectivity index (χ2n) is 7.21. The molecule has 0 aliphatic carbocycles. The molecule has 4 heteroatoms. The zero-order chi connectivity index (χ0) is 19.2. The molecule has 0 atom stereocenters. The largest absolute Gasteiger partial charge is 0.366 e. The van der Waals surface area contributed by atoms with Gasteiger partial charge in [-0.2, -0.15) is 0 Å². The van der Waals surface area contributed by atoms with Crippen molar-refractivity contribution >= 4 is 16.8 Å². The number of nitrogens with two attached hydrogens (primary N) is 1. The van der Waals surface area contributed by atoms with E-state index >= 15 is 0 Å². The van der Waals surface area contributed by atoms with Crippen LogP contribution >= 0.6 is 0 Å². The maximum Gasteiger partial charge on any atom is 0.248 e. The van der Waals surface area contributed by atoms with E-state index in [0.717, 1.165) is 31.1 Å². The van der Waals surface area contributed by atoms with Crippen molar-refractivity contribution in [3.8, 4) is 0 Å². The molecule has 142 valence electrons. The van der Waals surface area contributed by atoms with Gasteiger partial charge in [0.25, 0.3) is 0 Å². The van der Waals surface area contributed by atoms with Crippen LogP contribution in [0.1, 0.15) is 48.2 Å². The number of carbonyl (C=O) groups excluding carboxylic acids is 1. The summed E-state index contributed by atoms with van der Waals surface area (Å²) in [5.74, 6) is 0.370. The molecule has 0 aliphatic heterocycles. The normalized spacial score (nSPS) is 11.4. The maximum atomic E-state index is 11.2. The molecule has 1 amide bonds. The van der Waals surface area contributed by atoms with Crippen molar-refractivity contribution in [1.82, 2.24) is 9.88 Å². The van der Waals surface area contributed by atoms with E-state index in [1.807, 2.05) is 12.1 Å². The Labute approximate surface area is 161 Å². The summed E-state index contributed by atoms with van der Waals surface area (Å²) in [6.07, 6.45) is 4.58. The van der Waals surface area contributed by atoms with Crippen LogP contribution in [0.25, 0.3) is 10.9 Å². The summed E-state index contributed by atoms with van der Waals surface area (Å²) >= 11 is 0. The van der Waals surface area contributed by atoms with E-state index in [-0.39, 0.29) is 0 Å². The third-order valence-corrected chi connectivity index (χ3v) is 5.34. The van der Waals surface area contributed by atoms with Crippen molar-refractivity contribution in [2.45, 2.75) is 39.8 Å². The molecule has 27 heavy (non-hydrogen) atoms. The lowest BCUT2D eigenvalue weighted by atomic mass is 10.0. The predicted octanol–water partition coefficient (Wildman–Crippen LogP) is 4.31. The van der Waals surface area contributed by atoms with Crippen molar-refractivity contribution < 1.29 is 4.79 Å². The van der Waals surface area contributed by atoms with Crippen LogP contribution in [0.5, 0.6) is 0 Å². The van der Waals surface area contributed by atoms with Crippen LogP contribution in [0.4, 0.5) is 0 Å². The Morgan fingerprint density at radius 2 is 1.74 bits per heavy atom. The number of aromatic nitrogens is 1. The van der Waals surface area contributed by atoms with Crippen molar-refractivity contribution in [3.63, 3.8) is 0 Å². The van der Waals surface area contributed by atoms with Gasteiger partial charge in [0.2, 0.25) is 5.91 Å². The summed E-state index contributed by atoms with van der Waals surface area (Å²) in [5, 5.41) is 4.84. The first-order chi connectivity index (χ1) is 13.1. The highest BCUT2D eigenvalue weighted by Gasteiger charge is 2.06. The van der Waals surface area contributed by atoms with Crippen LogP contribution in [-0.4, -0.2) is 17.0 Å². The van der Waals surface area contributed by atoms with E-state index in [9.17, 15) is 4.79 Å². The minimum atomic E-state index is -0.390. The number of carbonyl (C=O) groups is 1. The summed E-state index contributed by atoms with van der Waals surface area (Å²) < 4.78 is 2.23. The molecule has 0 unspecified atom stereocenters. The fourth-order valence-electron chi connectivity index (χ4n) is 3.47. The molecular formula is C23H29N3O. The average Bonchev–Trinajstić information content (AvgIpc) is 3.08. The second kappa shape index (κ2) is 8.87. The number of hydrogen-bond donors (Lipinski definition) is 2. The van der Waals surface area contributed by atoms with Crippen LogP contribution in [0.15, 0.2) is 54.7 Å². The number of rotatable bonds is 9. The molecule has 3 aromatic rings. The predicted molar refractivity (Wildman–Crippen MR) is 112 cm³/mol. The Morgan fingerprint density at radius 1 is 1.04 bits per heavy atom. The van der Waals surface area contributed by atoms with Crippen LogP contribution in [0, 0.1) is 5.92 Å². The summed E-state index contributed by atoms with van der Waals surface area (Å²) in [5.41, 5.74) is 9.53. The first-order valence-electron chi connectivity index (χ1n) is 9.78. The number of nitrogens with zero attached hydrogens (tertiary/aromatic N) is 1. The minimum absolute atomic E-state index is 0.390. The lowest BCUT2D eigenvalue weighted by Crippen LogP contribution is -2.21. The molecule has 4 nitrogen and oxygen atoms in total. The Kier molecular flexibility index (Phi) is 6.30. The average molecular weight is 364 g/mol. The zero-order valence-corrected chi connectivity index (χ0v) is 16.2. The first-order valence-corrected chi connectivity index (χ1v) is 9.78. The molecule has 3 rings (SSSR count). The third-order valence-electron chi connectivity index (χ3n) is 5.34. The monoisotopic (exact) mass is 363 g/mol. The second-order valence-corrected chi connectivity index (χ2v) is 7.21. The van der Waals surface area contributed by atoms with Gasteiger partial charge in [0, 0.05) is 30.4 Å². The van der Waals surface area contributed by atoms with Gasteiger partial charge in [-0.3, -0.25) is 4.79 Å². The Hall–Kier alpha value is -2.59. The highest BCUT2D eigenvalue weighted by molar-refractivity contribution is 5.92. The first kappa shape index (κ1) is 19.2. The van der Waals surface area contributed by atoms with Crippen LogP contribution in [0.2, 0.25) is 0 Å². The number of fused-ring (bicyclic) bond motifs is 1. The molecule has 0 fully saturated rings. The van der Waals surface area contributed by atoms with E-state index in [2.05, 4.69) is 54.2 Å². The van der Waals surface area contributed by atoms with Gasteiger partial charge in [-0.25, -0.2) is 0 Å². The molecule has 0 radical (unpaired) electrons. The molecule has 0 bridgehead atoms. The fourth-order valence-corrected chi connectivity index (χ4v) is 3.47. The van der Waals surface area contributed by atoms with Gasteiger partial charge >= 0.3 is 0 Å². The Morgan fingerprint density at radius 3 is 2.41 bits per heavy atom. The molecule has 0 aliphatic rings. The lowest BCUT2D eigenvalue weighted by Gasteiger charge is -2.13. The maximum absolute atomic E-state index is 11.2. The number of primary amides is 1. The number of amides is 1. The number of hydrogen-bond acceptors (Lipinski definition) is 2. The summed E-state index contributed by atoms with van der Waals surface area (Å²) in [4.78, 5) is 11.2. The summed E-state index contributed by atoms with van der Waals surface area (Å²) in [6.45, 7) is 7.27. The summed E-state index contributed by atoms with van der Waals surface area (Å²) in [6, 6.07) is 16.3. The topological polar surface area (TPSA) is 60.1 Å². The Bertz CT molecular complexity index is 892. The SMILES string of the molecule is CCC(CC)CNCc1ccc2c(ccn2Cc2ccc(C(N)=O)cc2)c1. The van der Waals surface area contributed by atoms with Crippen LogP contribution in [-0.2, 0) is 13.1 Å². The molecule has 0 saturated heterocycles. The number of nitrogens with one attached hydrogen (secondary N) is 1. The van der Waals surface area contributed by atoms with Crippen LogP contribution in [0.3, 0.4) is 0 Å². The highest BCUT2D eigenvalue weighted by Crippen LogP contribution is 2.19. The van der Waals surface area contributed by atoms with E-state index in [1.54, 1.807) is 12.1 Å². The van der Waals surface area contributed by atoms with Crippen molar-refractivity contribution in [1.29, 1.82) is 0 Å². The van der Waals surface area contributed by atoms with Gasteiger partial charge in [0.05, 0.1) is 0 Å². The van der Waals surface area contributed by atoms with Gasteiger partial charge in [0.1, 0.15) is 0 Å². The minimum Gasteiger partial charge on any atom is -0.366 e. The van der Waals surface area contributed by atoms with E-state index < -0.39 is 5.91 Å². The van der Waals surface area contributed by atoms with Gasteiger partial charge in [-0.05, 0) is 59.3 Å².